The summed E-state index contributed by atoms with van der Waals surface area (Å²) in [5, 5.41) is 9.21. The number of hydrogen-bond donors (Lipinski definition) is 2. The second-order valence-corrected chi connectivity index (χ2v) is 6.55. The van der Waals surface area contributed by atoms with Gasteiger partial charge in [0.05, 0.1) is 17.2 Å². The van der Waals surface area contributed by atoms with Gasteiger partial charge < -0.3 is 5.11 Å². The lowest BCUT2D eigenvalue weighted by Crippen LogP contribution is -2.13. The van der Waals surface area contributed by atoms with E-state index in [-0.39, 0.29) is 17.2 Å². The zero-order valence-corrected chi connectivity index (χ0v) is 12.5. The van der Waals surface area contributed by atoms with Gasteiger partial charge in [-0.1, -0.05) is 6.07 Å². The Morgan fingerprint density at radius 3 is 2.48 bits per heavy atom. The Hall–Kier alpha value is -1.92. The fraction of sp³-hybridized carbons (Fsp3) is 0.200. The molecule has 0 atom stereocenters. The molecule has 2 rings (SSSR count). The average molecular weight is 309 g/mol. The number of benzene rings is 2. The van der Waals surface area contributed by atoms with Crippen molar-refractivity contribution < 1.29 is 17.9 Å². The second-order valence-electron chi connectivity index (χ2n) is 4.87. The highest BCUT2D eigenvalue weighted by Crippen LogP contribution is 2.20. The van der Waals surface area contributed by atoms with Gasteiger partial charge in [0.25, 0.3) is 10.0 Å². The summed E-state index contributed by atoms with van der Waals surface area (Å²) in [5.41, 5.74) is 2.12. The number of aryl methyl sites for hydroxylation is 2. The highest BCUT2D eigenvalue weighted by Gasteiger charge is 2.16. The molecule has 2 N–H and O–H groups in total. The van der Waals surface area contributed by atoms with Crippen LogP contribution in [0.2, 0.25) is 0 Å². The van der Waals surface area contributed by atoms with E-state index in [0.717, 1.165) is 11.6 Å². The van der Waals surface area contributed by atoms with Crippen LogP contribution >= 0.6 is 0 Å². The first kappa shape index (κ1) is 15.5. The quantitative estimate of drug-likeness (QED) is 0.912. The van der Waals surface area contributed by atoms with Crippen molar-refractivity contribution in [3.05, 3.63) is 58.9 Å². The maximum Gasteiger partial charge on any atom is 0.261 e. The van der Waals surface area contributed by atoms with Gasteiger partial charge in [0, 0.05) is 0 Å². The number of aliphatic hydroxyl groups excluding tert-OH is 1. The van der Waals surface area contributed by atoms with Crippen LogP contribution in [0.15, 0.2) is 41.3 Å². The van der Waals surface area contributed by atoms with Crippen LogP contribution in [0.5, 0.6) is 0 Å². The zero-order chi connectivity index (χ0) is 15.6. The third kappa shape index (κ3) is 3.59. The highest BCUT2D eigenvalue weighted by atomic mass is 32.2. The van der Waals surface area contributed by atoms with E-state index in [2.05, 4.69) is 4.72 Å². The summed E-state index contributed by atoms with van der Waals surface area (Å²) >= 11 is 0. The van der Waals surface area contributed by atoms with Gasteiger partial charge in [0.2, 0.25) is 0 Å². The maximum atomic E-state index is 13.3. The van der Waals surface area contributed by atoms with Crippen molar-refractivity contribution in [1.82, 2.24) is 0 Å². The lowest BCUT2D eigenvalue weighted by atomic mass is 10.1. The summed E-state index contributed by atoms with van der Waals surface area (Å²) in [6.07, 6.45) is 0. The fourth-order valence-electron chi connectivity index (χ4n) is 1.99. The lowest BCUT2D eigenvalue weighted by molar-refractivity contribution is 0.281. The number of sulfonamides is 1. The largest absolute Gasteiger partial charge is 0.392 e. The standard InChI is InChI=1S/C15H16FNO3S/c1-10-5-13(16)8-14(6-10)17-21(19,20)15-4-3-11(2)12(7-15)9-18/h3-8,17-18H,9H2,1-2H3. The molecule has 0 bridgehead atoms. The van der Waals surface area contributed by atoms with E-state index < -0.39 is 15.8 Å². The van der Waals surface area contributed by atoms with Crippen molar-refractivity contribution >= 4 is 15.7 Å². The minimum atomic E-state index is -3.82. The van der Waals surface area contributed by atoms with Gasteiger partial charge in [0.1, 0.15) is 5.82 Å². The van der Waals surface area contributed by atoms with E-state index in [1.807, 2.05) is 0 Å². The topological polar surface area (TPSA) is 66.4 Å². The Morgan fingerprint density at radius 2 is 1.86 bits per heavy atom. The molecule has 0 spiro atoms. The molecular formula is C15H16FNO3S. The molecule has 0 amide bonds. The van der Waals surface area contributed by atoms with Crippen LogP contribution in [-0.4, -0.2) is 13.5 Å². The van der Waals surface area contributed by atoms with Crippen LogP contribution in [0.25, 0.3) is 0 Å². The summed E-state index contributed by atoms with van der Waals surface area (Å²) in [5.74, 6) is -0.507. The van der Waals surface area contributed by atoms with Gasteiger partial charge >= 0.3 is 0 Å². The second kappa shape index (κ2) is 5.83. The number of hydrogen-bond acceptors (Lipinski definition) is 3. The van der Waals surface area contributed by atoms with Gasteiger partial charge in [-0.05, 0) is 60.9 Å². The van der Waals surface area contributed by atoms with Crippen LogP contribution < -0.4 is 4.72 Å². The van der Waals surface area contributed by atoms with Crippen molar-refractivity contribution in [1.29, 1.82) is 0 Å². The molecule has 2 aromatic rings. The Bertz CT molecular complexity index is 752. The maximum absolute atomic E-state index is 13.3. The minimum Gasteiger partial charge on any atom is -0.392 e. The number of anilines is 1. The van der Waals surface area contributed by atoms with Crippen LogP contribution in [0.3, 0.4) is 0 Å². The zero-order valence-electron chi connectivity index (χ0n) is 11.7. The molecule has 0 aromatic heterocycles. The van der Waals surface area contributed by atoms with E-state index in [1.54, 1.807) is 26.0 Å². The van der Waals surface area contributed by atoms with Gasteiger partial charge in [-0.15, -0.1) is 0 Å². The van der Waals surface area contributed by atoms with Crippen LogP contribution in [0.1, 0.15) is 16.7 Å². The van der Waals surface area contributed by atoms with E-state index in [4.69, 9.17) is 0 Å². The van der Waals surface area contributed by atoms with Gasteiger partial charge in [-0.2, -0.15) is 0 Å². The molecule has 0 aliphatic rings. The van der Waals surface area contributed by atoms with Crippen molar-refractivity contribution in [2.45, 2.75) is 25.3 Å². The van der Waals surface area contributed by atoms with E-state index in [1.165, 1.54) is 18.2 Å². The lowest BCUT2D eigenvalue weighted by Gasteiger charge is -2.11. The molecule has 0 saturated carbocycles. The molecule has 0 saturated heterocycles. The molecule has 0 radical (unpaired) electrons. The predicted octanol–water partition coefficient (Wildman–Crippen LogP) is 2.74. The van der Waals surface area contributed by atoms with Crippen molar-refractivity contribution in [3.8, 4) is 0 Å². The average Bonchev–Trinajstić information content (AvgIpc) is 2.37. The Balaban J connectivity index is 2.38. The Kier molecular flexibility index (Phi) is 4.29. The molecule has 0 aliphatic carbocycles. The first-order valence-corrected chi connectivity index (χ1v) is 7.80. The fourth-order valence-corrected chi connectivity index (χ4v) is 3.09. The van der Waals surface area contributed by atoms with Crippen molar-refractivity contribution in [2.24, 2.45) is 0 Å². The number of rotatable bonds is 4. The predicted molar refractivity (Wildman–Crippen MR) is 79.0 cm³/mol. The van der Waals surface area contributed by atoms with Crippen LogP contribution in [-0.2, 0) is 16.6 Å². The molecule has 4 nitrogen and oxygen atoms in total. The highest BCUT2D eigenvalue weighted by molar-refractivity contribution is 7.92. The Morgan fingerprint density at radius 1 is 1.14 bits per heavy atom. The van der Waals surface area contributed by atoms with Crippen LogP contribution in [0.4, 0.5) is 10.1 Å². The molecule has 6 heteroatoms. The number of nitrogens with one attached hydrogen (secondary N) is 1. The molecule has 21 heavy (non-hydrogen) atoms. The summed E-state index contributed by atoms with van der Waals surface area (Å²) in [6, 6.07) is 8.45. The summed E-state index contributed by atoms with van der Waals surface area (Å²) in [6.45, 7) is 3.22. The van der Waals surface area contributed by atoms with Crippen molar-refractivity contribution in [3.63, 3.8) is 0 Å². The number of halogens is 1. The minimum absolute atomic E-state index is 0.0269. The summed E-state index contributed by atoms with van der Waals surface area (Å²) in [7, 11) is -3.82. The van der Waals surface area contributed by atoms with Gasteiger partial charge in [-0.3, -0.25) is 4.72 Å². The number of aliphatic hydroxyl groups is 1. The normalized spacial score (nSPS) is 11.4. The van der Waals surface area contributed by atoms with Gasteiger partial charge in [0.15, 0.2) is 0 Å². The molecule has 0 unspecified atom stereocenters. The Labute approximate surface area is 123 Å². The smallest absolute Gasteiger partial charge is 0.261 e. The van der Waals surface area contributed by atoms with Crippen LogP contribution in [0, 0.1) is 19.7 Å². The molecule has 0 aliphatic heterocycles. The van der Waals surface area contributed by atoms with E-state index in [9.17, 15) is 17.9 Å². The monoisotopic (exact) mass is 309 g/mol. The summed E-state index contributed by atoms with van der Waals surface area (Å²) in [4.78, 5) is 0.0269. The van der Waals surface area contributed by atoms with Gasteiger partial charge in [-0.25, -0.2) is 12.8 Å². The molecular weight excluding hydrogens is 293 g/mol. The molecule has 2 aromatic carbocycles. The molecule has 0 fully saturated rings. The first-order valence-electron chi connectivity index (χ1n) is 6.32. The molecule has 0 heterocycles. The third-order valence-corrected chi connectivity index (χ3v) is 4.47. The first-order chi connectivity index (χ1) is 9.81. The molecule has 112 valence electrons. The third-order valence-electron chi connectivity index (χ3n) is 3.10. The van der Waals surface area contributed by atoms with E-state index in [0.29, 0.717) is 11.1 Å². The SMILES string of the molecule is Cc1cc(F)cc(NS(=O)(=O)c2ccc(C)c(CO)c2)c1. The van der Waals surface area contributed by atoms with E-state index >= 15 is 0 Å². The summed E-state index contributed by atoms with van der Waals surface area (Å²) < 4.78 is 40.2. The van der Waals surface area contributed by atoms with Crippen molar-refractivity contribution in [2.75, 3.05) is 4.72 Å².